The van der Waals surface area contributed by atoms with Crippen LogP contribution < -0.4 is 4.74 Å². The smallest absolute Gasteiger partial charge is 0.187 e. The molecule has 0 radical (unpaired) electrons. The van der Waals surface area contributed by atoms with Gasteiger partial charge in [0.1, 0.15) is 11.8 Å². The summed E-state index contributed by atoms with van der Waals surface area (Å²) in [5.74, 6) is 0.577. The van der Waals surface area contributed by atoms with E-state index in [2.05, 4.69) is 4.90 Å². The molecule has 4 nitrogen and oxygen atoms in total. The quantitative estimate of drug-likeness (QED) is 0.565. The summed E-state index contributed by atoms with van der Waals surface area (Å²) in [6.45, 7) is 1.60. The molecule has 136 valence electrons. The van der Waals surface area contributed by atoms with Crippen LogP contribution in [0.15, 0.2) is 54.6 Å². The van der Waals surface area contributed by atoms with Crippen molar-refractivity contribution in [1.29, 1.82) is 0 Å². The number of hydrogen-bond donors (Lipinski definition) is 0. The van der Waals surface area contributed by atoms with Crippen molar-refractivity contribution < 1.29 is 14.3 Å². The third-order valence-electron chi connectivity index (χ3n) is 4.88. The fourth-order valence-corrected chi connectivity index (χ4v) is 3.53. The van der Waals surface area contributed by atoms with Gasteiger partial charge in [-0.2, -0.15) is 0 Å². The topological polar surface area (TPSA) is 46.6 Å². The molecule has 1 fully saturated rings. The summed E-state index contributed by atoms with van der Waals surface area (Å²) in [5.41, 5.74) is 1.47. The largest absolute Gasteiger partial charge is 0.497 e. The molecule has 0 aliphatic carbocycles. The average molecular weight is 351 g/mol. The fraction of sp³-hybridized carbons (Fsp3) is 0.364. The van der Waals surface area contributed by atoms with Crippen LogP contribution in [-0.4, -0.2) is 42.7 Å². The van der Waals surface area contributed by atoms with Crippen molar-refractivity contribution in [3.63, 3.8) is 0 Å². The highest BCUT2D eigenvalue weighted by atomic mass is 16.5. The van der Waals surface area contributed by atoms with Crippen molar-refractivity contribution >= 4 is 11.6 Å². The minimum absolute atomic E-state index is 0.0472. The normalized spacial score (nSPS) is 16.0. The summed E-state index contributed by atoms with van der Waals surface area (Å²) >= 11 is 0. The molecule has 1 aliphatic heterocycles. The van der Waals surface area contributed by atoms with Crippen LogP contribution in [0.5, 0.6) is 5.75 Å². The van der Waals surface area contributed by atoms with E-state index in [1.54, 1.807) is 19.2 Å². The Kier molecular flexibility index (Phi) is 6.18. The van der Waals surface area contributed by atoms with E-state index in [1.165, 1.54) is 0 Å². The van der Waals surface area contributed by atoms with Gasteiger partial charge in [-0.3, -0.25) is 14.5 Å². The van der Waals surface area contributed by atoms with E-state index in [0.717, 1.165) is 43.7 Å². The minimum atomic E-state index is -0.705. The Labute approximate surface area is 154 Å². The first-order chi connectivity index (χ1) is 12.7. The highest BCUT2D eigenvalue weighted by Gasteiger charge is 2.33. The number of Topliss-reactive ketones (excluding diaryl/α,β-unsaturated/α-hetero) is 2. The summed E-state index contributed by atoms with van der Waals surface area (Å²) in [4.78, 5) is 28.3. The molecule has 2 aromatic rings. The zero-order valence-electron chi connectivity index (χ0n) is 15.2. The zero-order chi connectivity index (χ0) is 18.4. The van der Waals surface area contributed by atoms with E-state index in [4.69, 9.17) is 4.74 Å². The molecule has 1 saturated heterocycles. The second-order valence-corrected chi connectivity index (χ2v) is 6.72. The fourth-order valence-electron chi connectivity index (χ4n) is 3.53. The predicted molar refractivity (Wildman–Crippen MR) is 102 cm³/mol. The van der Waals surface area contributed by atoms with Crippen LogP contribution in [0, 0.1) is 0 Å². The van der Waals surface area contributed by atoms with Gasteiger partial charge in [-0.15, -0.1) is 0 Å². The maximum atomic E-state index is 13.1. The van der Waals surface area contributed by atoms with E-state index in [1.807, 2.05) is 42.5 Å². The number of carbonyl (C=O) groups excluding carboxylic acids is 2. The molecule has 0 amide bonds. The summed E-state index contributed by atoms with van der Waals surface area (Å²) in [5, 5.41) is 0. The molecule has 0 spiro atoms. The van der Waals surface area contributed by atoms with Crippen molar-refractivity contribution in [3.8, 4) is 5.75 Å². The zero-order valence-corrected chi connectivity index (χ0v) is 15.2. The Balaban J connectivity index is 1.84. The lowest BCUT2D eigenvalue weighted by Crippen LogP contribution is -2.49. The van der Waals surface area contributed by atoms with Crippen molar-refractivity contribution in [3.05, 3.63) is 65.7 Å². The van der Waals surface area contributed by atoms with Crippen LogP contribution in [0.25, 0.3) is 0 Å². The molecule has 0 saturated carbocycles. The Morgan fingerprint density at radius 3 is 2.42 bits per heavy atom. The van der Waals surface area contributed by atoms with Gasteiger partial charge < -0.3 is 4.74 Å². The molecule has 1 heterocycles. The number of rotatable bonds is 7. The highest BCUT2D eigenvalue weighted by Crippen LogP contribution is 2.20. The van der Waals surface area contributed by atoms with Crippen LogP contribution in [0.3, 0.4) is 0 Å². The lowest BCUT2D eigenvalue weighted by Gasteiger charge is -2.32. The highest BCUT2D eigenvalue weighted by molar-refractivity contribution is 6.14. The van der Waals surface area contributed by atoms with Crippen molar-refractivity contribution in [2.24, 2.45) is 0 Å². The molecule has 0 N–H and O–H groups in total. The number of ether oxygens (including phenoxy) is 1. The monoisotopic (exact) mass is 351 g/mol. The van der Waals surface area contributed by atoms with Crippen LogP contribution in [-0.2, 0) is 11.2 Å². The molecular formula is C22H25NO3. The number of hydrogen-bond acceptors (Lipinski definition) is 4. The third kappa shape index (κ3) is 4.38. The molecule has 0 bridgehead atoms. The van der Waals surface area contributed by atoms with Gasteiger partial charge in [-0.05, 0) is 43.6 Å². The molecule has 0 aromatic heterocycles. The van der Waals surface area contributed by atoms with Gasteiger partial charge in [-0.25, -0.2) is 0 Å². The number of piperidine rings is 1. The molecular weight excluding hydrogens is 326 g/mol. The van der Waals surface area contributed by atoms with Crippen LogP contribution in [0.4, 0.5) is 0 Å². The first-order valence-corrected chi connectivity index (χ1v) is 9.18. The number of ketones is 2. The third-order valence-corrected chi connectivity index (χ3v) is 4.88. The van der Waals surface area contributed by atoms with Gasteiger partial charge in [0.15, 0.2) is 11.6 Å². The van der Waals surface area contributed by atoms with E-state index >= 15 is 0 Å². The second kappa shape index (κ2) is 8.77. The summed E-state index contributed by atoms with van der Waals surface area (Å²) in [7, 11) is 1.61. The van der Waals surface area contributed by atoms with Gasteiger partial charge in [0.25, 0.3) is 0 Å². The summed E-state index contributed by atoms with van der Waals surface area (Å²) in [6, 6.07) is 15.9. The second-order valence-electron chi connectivity index (χ2n) is 6.72. The van der Waals surface area contributed by atoms with Crippen molar-refractivity contribution in [2.75, 3.05) is 20.2 Å². The maximum Gasteiger partial charge on any atom is 0.187 e. The van der Waals surface area contributed by atoms with Crippen LogP contribution in [0.2, 0.25) is 0 Å². The number of benzene rings is 2. The first-order valence-electron chi connectivity index (χ1n) is 9.18. The van der Waals surface area contributed by atoms with Crippen LogP contribution in [0.1, 0.15) is 35.2 Å². The molecule has 1 unspecified atom stereocenters. The number of likely N-dealkylation sites (tertiary alicyclic amines) is 1. The van der Waals surface area contributed by atoms with Crippen molar-refractivity contribution in [2.45, 2.75) is 31.7 Å². The van der Waals surface area contributed by atoms with Gasteiger partial charge in [0.05, 0.1) is 7.11 Å². The summed E-state index contributed by atoms with van der Waals surface area (Å²) in [6.07, 6.45) is 3.46. The van der Waals surface area contributed by atoms with E-state index in [9.17, 15) is 9.59 Å². The number of nitrogens with zero attached hydrogens (tertiary/aromatic N) is 1. The molecule has 3 rings (SSSR count). The summed E-state index contributed by atoms with van der Waals surface area (Å²) < 4.78 is 5.24. The first kappa shape index (κ1) is 18.3. The predicted octanol–water partition coefficient (Wildman–Crippen LogP) is 3.54. The van der Waals surface area contributed by atoms with Gasteiger partial charge in [0, 0.05) is 12.0 Å². The Bertz CT molecular complexity index is 751. The maximum absolute atomic E-state index is 13.1. The molecule has 2 aromatic carbocycles. The average Bonchev–Trinajstić information content (AvgIpc) is 2.69. The molecule has 26 heavy (non-hydrogen) atoms. The Morgan fingerprint density at radius 1 is 1.00 bits per heavy atom. The van der Waals surface area contributed by atoms with Gasteiger partial charge >= 0.3 is 0 Å². The van der Waals surface area contributed by atoms with E-state index < -0.39 is 6.04 Å². The standard InChI is InChI=1S/C22H25NO3/c1-26-19-12-8-9-17(15-19)16-20(24)21(23-13-6-3-7-14-23)22(25)18-10-4-2-5-11-18/h2,4-5,8-12,15,21H,3,6-7,13-14,16H2,1H3. The lowest BCUT2D eigenvalue weighted by molar-refractivity contribution is -0.122. The SMILES string of the molecule is COc1cccc(CC(=O)C(C(=O)c2ccccc2)N2CCCCC2)c1. The minimum Gasteiger partial charge on any atom is -0.497 e. The molecule has 1 atom stereocenters. The van der Waals surface area contributed by atoms with Crippen LogP contribution >= 0.6 is 0 Å². The Hall–Kier alpha value is -2.46. The van der Waals surface area contributed by atoms with E-state index in [-0.39, 0.29) is 18.0 Å². The lowest BCUT2D eigenvalue weighted by atomic mass is 9.93. The Morgan fingerprint density at radius 2 is 1.73 bits per heavy atom. The van der Waals surface area contributed by atoms with Gasteiger partial charge in [0.2, 0.25) is 0 Å². The number of carbonyl (C=O) groups is 2. The van der Waals surface area contributed by atoms with E-state index in [0.29, 0.717) is 5.56 Å². The number of methoxy groups -OCH3 is 1. The molecule has 4 heteroatoms. The van der Waals surface area contributed by atoms with Gasteiger partial charge in [-0.1, -0.05) is 48.9 Å². The molecule has 1 aliphatic rings. The van der Waals surface area contributed by atoms with Crippen molar-refractivity contribution in [1.82, 2.24) is 4.90 Å².